The molecule has 0 aromatic heterocycles. The van der Waals surface area contributed by atoms with E-state index in [4.69, 9.17) is 4.74 Å². The summed E-state index contributed by atoms with van der Waals surface area (Å²) in [7, 11) is 0. The third-order valence-corrected chi connectivity index (χ3v) is 2.98. The van der Waals surface area contributed by atoms with Crippen LogP contribution in [0.4, 0.5) is 5.69 Å². The molecular weight excluding hydrogens is 290 g/mol. The van der Waals surface area contributed by atoms with E-state index >= 15 is 0 Å². The normalized spacial score (nSPS) is 10.1. The van der Waals surface area contributed by atoms with Crippen molar-refractivity contribution in [2.75, 3.05) is 18.5 Å². The first-order valence-electron chi connectivity index (χ1n) is 6.02. The molecule has 18 heavy (non-hydrogen) atoms. The highest BCUT2D eigenvalue weighted by Crippen LogP contribution is 2.17. The Morgan fingerprint density at radius 3 is 2.61 bits per heavy atom. The molecule has 94 valence electrons. The molecule has 1 N–H and O–H groups in total. The lowest BCUT2D eigenvalue weighted by atomic mass is 10.3. The summed E-state index contributed by atoms with van der Waals surface area (Å²) < 4.78 is 6.70. The molecule has 2 aromatic rings. The van der Waals surface area contributed by atoms with E-state index in [-0.39, 0.29) is 0 Å². The molecule has 0 amide bonds. The van der Waals surface area contributed by atoms with Crippen LogP contribution in [0.5, 0.6) is 5.75 Å². The second-order valence-electron chi connectivity index (χ2n) is 3.95. The number of benzene rings is 2. The molecule has 0 saturated heterocycles. The van der Waals surface area contributed by atoms with Crippen molar-refractivity contribution in [1.82, 2.24) is 0 Å². The van der Waals surface area contributed by atoms with Crippen molar-refractivity contribution in [2.45, 2.75) is 6.42 Å². The van der Waals surface area contributed by atoms with Gasteiger partial charge in [0, 0.05) is 16.7 Å². The number of halogens is 1. The SMILES string of the molecule is Brc1cccc(OCCCNc2ccccc2)c1. The quantitative estimate of drug-likeness (QED) is 0.802. The van der Waals surface area contributed by atoms with Gasteiger partial charge in [-0.15, -0.1) is 0 Å². The highest BCUT2D eigenvalue weighted by atomic mass is 79.9. The maximum Gasteiger partial charge on any atom is 0.120 e. The van der Waals surface area contributed by atoms with Gasteiger partial charge in [0.2, 0.25) is 0 Å². The minimum absolute atomic E-state index is 0.719. The van der Waals surface area contributed by atoms with Crippen molar-refractivity contribution < 1.29 is 4.74 Å². The zero-order valence-corrected chi connectivity index (χ0v) is 11.7. The first kappa shape index (κ1) is 13.0. The van der Waals surface area contributed by atoms with Gasteiger partial charge in [0.25, 0.3) is 0 Å². The van der Waals surface area contributed by atoms with Gasteiger partial charge in [0.1, 0.15) is 5.75 Å². The summed E-state index contributed by atoms with van der Waals surface area (Å²) in [5, 5.41) is 3.35. The van der Waals surface area contributed by atoms with Gasteiger partial charge in [-0.05, 0) is 36.8 Å². The van der Waals surface area contributed by atoms with Crippen LogP contribution in [0.2, 0.25) is 0 Å². The van der Waals surface area contributed by atoms with Crippen LogP contribution in [0.25, 0.3) is 0 Å². The number of hydrogen-bond acceptors (Lipinski definition) is 2. The average molecular weight is 306 g/mol. The fourth-order valence-electron chi connectivity index (χ4n) is 1.61. The fourth-order valence-corrected chi connectivity index (χ4v) is 1.99. The minimum atomic E-state index is 0.719. The zero-order valence-electron chi connectivity index (χ0n) is 10.1. The standard InChI is InChI=1S/C15H16BrNO/c16-13-6-4-9-15(12-13)18-11-5-10-17-14-7-2-1-3-8-14/h1-4,6-9,12,17H,5,10-11H2. The largest absolute Gasteiger partial charge is 0.493 e. The van der Waals surface area contributed by atoms with Gasteiger partial charge in [-0.2, -0.15) is 0 Å². The Morgan fingerprint density at radius 1 is 1.00 bits per heavy atom. The molecule has 0 spiro atoms. The lowest BCUT2D eigenvalue weighted by Gasteiger charge is -2.08. The lowest BCUT2D eigenvalue weighted by Crippen LogP contribution is -2.07. The van der Waals surface area contributed by atoms with Crippen molar-refractivity contribution in [2.24, 2.45) is 0 Å². The van der Waals surface area contributed by atoms with Crippen LogP contribution >= 0.6 is 15.9 Å². The second kappa shape index (κ2) is 7.07. The van der Waals surface area contributed by atoms with E-state index in [1.54, 1.807) is 0 Å². The maximum atomic E-state index is 5.65. The Bertz CT molecular complexity index is 473. The van der Waals surface area contributed by atoms with Crippen LogP contribution in [-0.2, 0) is 0 Å². The number of ether oxygens (including phenoxy) is 1. The highest BCUT2D eigenvalue weighted by molar-refractivity contribution is 9.10. The molecular formula is C15H16BrNO. The van der Waals surface area contributed by atoms with Gasteiger partial charge < -0.3 is 10.1 Å². The number of anilines is 1. The highest BCUT2D eigenvalue weighted by Gasteiger charge is 1.95. The van der Waals surface area contributed by atoms with Crippen LogP contribution in [-0.4, -0.2) is 13.2 Å². The predicted octanol–water partition coefficient (Wildman–Crippen LogP) is 4.33. The summed E-state index contributed by atoms with van der Waals surface area (Å²) in [5.74, 6) is 0.907. The fraction of sp³-hybridized carbons (Fsp3) is 0.200. The maximum absolute atomic E-state index is 5.65. The molecule has 2 rings (SSSR count). The summed E-state index contributed by atoms with van der Waals surface area (Å²) >= 11 is 3.42. The molecule has 2 aromatic carbocycles. The van der Waals surface area contributed by atoms with Gasteiger partial charge in [0.05, 0.1) is 6.61 Å². The van der Waals surface area contributed by atoms with Crippen LogP contribution in [0, 0.1) is 0 Å². The molecule has 0 radical (unpaired) electrons. The molecule has 0 saturated carbocycles. The molecule has 2 nitrogen and oxygen atoms in total. The molecule has 0 atom stereocenters. The summed E-state index contributed by atoms with van der Waals surface area (Å²) in [6, 6.07) is 18.1. The Balaban J connectivity index is 1.65. The van der Waals surface area contributed by atoms with E-state index in [0.717, 1.165) is 35.5 Å². The molecule has 0 unspecified atom stereocenters. The summed E-state index contributed by atoms with van der Waals surface area (Å²) in [6.45, 7) is 1.63. The van der Waals surface area contributed by atoms with Crippen molar-refractivity contribution in [3.05, 3.63) is 59.1 Å². The second-order valence-corrected chi connectivity index (χ2v) is 4.87. The molecule has 0 aliphatic rings. The van der Waals surface area contributed by atoms with Crippen LogP contribution in [0.3, 0.4) is 0 Å². The van der Waals surface area contributed by atoms with Gasteiger partial charge in [-0.1, -0.05) is 40.2 Å². The van der Waals surface area contributed by atoms with E-state index in [1.165, 1.54) is 0 Å². The molecule has 0 bridgehead atoms. The molecule has 0 aliphatic heterocycles. The van der Waals surface area contributed by atoms with Crippen LogP contribution in [0.1, 0.15) is 6.42 Å². The van der Waals surface area contributed by atoms with Crippen LogP contribution in [0.15, 0.2) is 59.1 Å². The van der Waals surface area contributed by atoms with E-state index in [9.17, 15) is 0 Å². The minimum Gasteiger partial charge on any atom is -0.493 e. The first-order chi connectivity index (χ1) is 8.84. The van der Waals surface area contributed by atoms with E-state index < -0.39 is 0 Å². The van der Waals surface area contributed by atoms with Gasteiger partial charge in [0.15, 0.2) is 0 Å². The van der Waals surface area contributed by atoms with Crippen molar-refractivity contribution in [3.63, 3.8) is 0 Å². The van der Waals surface area contributed by atoms with Crippen molar-refractivity contribution >= 4 is 21.6 Å². The third kappa shape index (κ3) is 4.41. The smallest absolute Gasteiger partial charge is 0.120 e. The molecule has 0 aliphatic carbocycles. The lowest BCUT2D eigenvalue weighted by molar-refractivity contribution is 0.315. The van der Waals surface area contributed by atoms with Gasteiger partial charge in [-0.3, -0.25) is 0 Å². The summed E-state index contributed by atoms with van der Waals surface area (Å²) in [4.78, 5) is 0. The Morgan fingerprint density at radius 2 is 1.83 bits per heavy atom. The average Bonchev–Trinajstić information content (AvgIpc) is 2.40. The third-order valence-electron chi connectivity index (χ3n) is 2.49. The topological polar surface area (TPSA) is 21.3 Å². The first-order valence-corrected chi connectivity index (χ1v) is 6.81. The molecule has 0 fully saturated rings. The zero-order chi connectivity index (χ0) is 12.6. The number of hydrogen-bond donors (Lipinski definition) is 1. The molecule has 3 heteroatoms. The van der Waals surface area contributed by atoms with Crippen LogP contribution < -0.4 is 10.1 Å². The monoisotopic (exact) mass is 305 g/mol. The van der Waals surface area contributed by atoms with Crippen molar-refractivity contribution in [3.8, 4) is 5.75 Å². The number of rotatable bonds is 6. The van der Waals surface area contributed by atoms with E-state index in [1.807, 2.05) is 42.5 Å². The Labute approximate surface area is 116 Å². The number of nitrogens with one attached hydrogen (secondary N) is 1. The van der Waals surface area contributed by atoms with E-state index in [2.05, 4.69) is 33.4 Å². The van der Waals surface area contributed by atoms with Gasteiger partial charge in [-0.25, -0.2) is 0 Å². The van der Waals surface area contributed by atoms with Gasteiger partial charge >= 0.3 is 0 Å². The summed E-state index contributed by atoms with van der Waals surface area (Å²) in [6.07, 6.45) is 0.974. The predicted molar refractivity (Wildman–Crippen MR) is 79.2 cm³/mol. The number of para-hydroxylation sites is 1. The van der Waals surface area contributed by atoms with Crippen molar-refractivity contribution in [1.29, 1.82) is 0 Å². The Hall–Kier alpha value is -1.48. The van der Waals surface area contributed by atoms with E-state index in [0.29, 0.717) is 0 Å². The molecule has 0 heterocycles. The summed E-state index contributed by atoms with van der Waals surface area (Å²) in [5.41, 5.74) is 1.15. The Kier molecular flexibility index (Phi) is 5.09.